The van der Waals surface area contributed by atoms with E-state index in [-0.39, 0.29) is 24.1 Å². The Morgan fingerprint density at radius 3 is 2.50 bits per heavy atom. The number of ether oxygens (including phenoxy) is 1. The largest absolute Gasteiger partial charge is 0.446 e. The van der Waals surface area contributed by atoms with Crippen molar-refractivity contribution in [1.82, 2.24) is 19.9 Å². The van der Waals surface area contributed by atoms with Crippen molar-refractivity contribution in [2.45, 2.75) is 70.3 Å². The molecule has 1 saturated carbocycles. The van der Waals surface area contributed by atoms with E-state index < -0.39 is 29.5 Å². The van der Waals surface area contributed by atoms with Crippen LogP contribution in [0, 0.1) is 0 Å². The Morgan fingerprint density at radius 1 is 1.21 bits per heavy atom. The van der Waals surface area contributed by atoms with Crippen LogP contribution in [-0.4, -0.2) is 57.2 Å². The minimum absolute atomic E-state index is 0.0384. The van der Waals surface area contributed by atoms with E-state index in [1.165, 1.54) is 19.0 Å². The maximum atomic E-state index is 13.0. The average molecular weight is 480 g/mol. The molecule has 1 saturated heterocycles. The minimum Gasteiger partial charge on any atom is -0.446 e. The molecule has 1 aliphatic heterocycles. The number of anilines is 1. The number of hydrogen-bond acceptors (Lipinski definition) is 6. The number of carbonyl (C=O) groups excluding carboxylic acids is 1. The third-order valence-electron chi connectivity index (χ3n) is 6.28. The molecule has 2 fully saturated rings. The molecule has 1 N–H and O–H groups in total. The monoisotopic (exact) mass is 479 g/mol. The first-order chi connectivity index (χ1) is 16.0. The Balaban J connectivity index is 1.35. The van der Waals surface area contributed by atoms with E-state index in [0.717, 1.165) is 11.6 Å². The highest BCUT2D eigenvalue weighted by Gasteiger charge is 2.36. The second kappa shape index (κ2) is 9.27. The lowest BCUT2D eigenvalue weighted by Crippen LogP contribution is -2.59. The quantitative estimate of drug-likeness (QED) is 0.703. The van der Waals surface area contributed by atoms with Gasteiger partial charge < -0.3 is 19.5 Å². The summed E-state index contributed by atoms with van der Waals surface area (Å²) in [6.45, 7) is 6.42. The predicted octanol–water partition coefficient (Wildman–Crippen LogP) is 3.73. The van der Waals surface area contributed by atoms with E-state index in [1.807, 2.05) is 26.2 Å². The lowest BCUT2D eigenvalue weighted by Gasteiger charge is -2.43. The lowest BCUT2D eigenvalue weighted by molar-refractivity contribution is -0.138. The van der Waals surface area contributed by atoms with Crippen molar-refractivity contribution in [3.05, 3.63) is 51.7 Å². The average Bonchev–Trinajstić information content (AvgIpc) is 3.61. The van der Waals surface area contributed by atoms with Gasteiger partial charge in [0.1, 0.15) is 11.7 Å². The highest BCUT2D eigenvalue weighted by molar-refractivity contribution is 5.69. The first kappa shape index (κ1) is 24.0. The zero-order valence-corrected chi connectivity index (χ0v) is 19.3. The fraction of sp³-hybridized carbons (Fsp3) is 0.565. The number of rotatable bonds is 5. The van der Waals surface area contributed by atoms with E-state index in [2.05, 4.69) is 19.9 Å². The number of pyridine rings is 1. The molecule has 3 atom stereocenters. The number of nitrogens with zero attached hydrogens (tertiary/aromatic N) is 4. The first-order valence-corrected chi connectivity index (χ1v) is 11.4. The molecule has 2 aliphatic rings. The highest BCUT2D eigenvalue weighted by atomic mass is 19.4. The zero-order chi connectivity index (χ0) is 24.6. The van der Waals surface area contributed by atoms with E-state index in [1.54, 1.807) is 11.8 Å². The highest BCUT2D eigenvalue weighted by Crippen LogP contribution is 2.39. The normalized spacial score (nSPS) is 21.9. The molecule has 11 heteroatoms. The van der Waals surface area contributed by atoms with Gasteiger partial charge in [-0.15, -0.1) is 0 Å². The van der Waals surface area contributed by atoms with Crippen LogP contribution in [0.15, 0.2) is 29.5 Å². The lowest BCUT2D eigenvalue weighted by atomic mass is 10.1. The molecule has 1 amide bonds. The molecule has 3 heterocycles. The van der Waals surface area contributed by atoms with E-state index >= 15 is 0 Å². The summed E-state index contributed by atoms with van der Waals surface area (Å²) in [6, 6.07) is 0.577. The number of H-pyrrole nitrogens is 1. The Kier molecular flexibility index (Phi) is 6.55. The van der Waals surface area contributed by atoms with Crippen LogP contribution < -0.4 is 10.5 Å². The number of piperazine rings is 1. The predicted molar refractivity (Wildman–Crippen MR) is 119 cm³/mol. The zero-order valence-electron chi connectivity index (χ0n) is 19.3. The fourth-order valence-electron chi connectivity index (χ4n) is 4.24. The Bertz CT molecular complexity index is 1080. The Hall–Kier alpha value is -3.11. The molecular weight excluding hydrogens is 451 g/mol. The van der Waals surface area contributed by atoms with Gasteiger partial charge in [-0.25, -0.2) is 14.8 Å². The molecule has 2 aromatic heterocycles. The summed E-state index contributed by atoms with van der Waals surface area (Å²) < 4.78 is 44.5. The van der Waals surface area contributed by atoms with Gasteiger partial charge in [0.05, 0.1) is 0 Å². The van der Waals surface area contributed by atoms with Crippen LogP contribution >= 0.6 is 0 Å². The first-order valence-electron chi connectivity index (χ1n) is 11.4. The maximum absolute atomic E-state index is 13.0. The molecule has 0 spiro atoms. The Morgan fingerprint density at radius 2 is 1.88 bits per heavy atom. The summed E-state index contributed by atoms with van der Waals surface area (Å²) in [6.07, 6.45) is 1.40. The van der Waals surface area contributed by atoms with Crippen LogP contribution in [0.2, 0.25) is 0 Å². The molecule has 1 aliphatic carbocycles. The Labute approximate surface area is 195 Å². The van der Waals surface area contributed by atoms with Gasteiger partial charge in [0.25, 0.3) is 5.56 Å². The minimum atomic E-state index is -4.75. The van der Waals surface area contributed by atoms with E-state index in [9.17, 15) is 22.8 Å². The summed E-state index contributed by atoms with van der Waals surface area (Å²) in [5.74, 6) is 1.21. The van der Waals surface area contributed by atoms with Crippen molar-refractivity contribution in [2.75, 3.05) is 18.0 Å². The van der Waals surface area contributed by atoms with Crippen molar-refractivity contribution in [2.24, 2.45) is 0 Å². The second-order valence-electron chi connectivity index (χ2n) is 9.24. The summed E-state index contributed by atoms with van der Waals surface area (Å²) >= 11 is 0. The van der Waals surface area contributed by atoms with Crippen molar-refractivity contribution in [3.63, 3.8) is 0 Å². The molecule has 0 radical (unpaired) electrons. The number of halogens is 3. The van der Waals surface area contributed by atoms with Crippen LogP contribution in [0.1, 0.15) is 56.2 Å². The third kappa shape index (κ3) is 5.34. The smallest absolute Gasteiger partial charge is 0.421 e. The summed E-state index contributed by atoms with van der Waals surface area (Å²) in [7, 11) is 0. The molecule has 4 rings (SSSR count). The van der Waals surface area contributed by atoms with Gasteiger partial charge in [-0.2, -0.15) is 13.2 Å². The van der Waals surface area contributed by atoms with Gasteiger partial charge in [0, 0.05) is 50.2 Å². The summed E-state index contributed by atoms with van der Waals surface area (Å²) in [5, 5.41) is 0. The summed E-state index contributed by atoms with van der Waals surface area (Å²) in [4.78, 5) is 39.1. The number of alkyl halides is 3. The molecular formula is C23H28F3N5O3. The standard InChI is InChI=1S/C23H28F3N5O3/c1-13-12-31(14(2)11-30(13)21-28-9-18(10-29-21)17-4-5-17)22(33)34-15(3)6-16-7-19(23(24,25)26)20(32)27-8-16/h7-10,13-15,17H,4-6,11-12H2,1-3H3,(H,27,32)/t13-,14-,15?/m1/s1. The van der Waals surface area contributed by atoms with Gasteiger partial charge in [-0.3, -0.25) is 4.79 Å². The molecule has 34 heavy (non-hydrogen) atoms. The van der Waals surface area contributed by atoms with Gasteiger partial charge in [0.15, 0.2) is 0 Å². The molecule has 2 aromatic rings. The SMILES string of the molecule is CC(Cc1c[nH]c(=O)c(C(F)(F)F)c1)OC(=O)N1C[C@@H](C)N(c2ncc(C3CC3)cn2)C[C@H]1C. The number of carbonyl (C=O) groups is 1. The molecule has 0 bridgehead atoms. The van der Waals surface area contributed by atoms with Crippen LogP contribution in [0.5, 0.6) is 0 Å². The molecule has 8 nitrogen and oxygen atoms in total. The number of nitrogens with one attached hydrogen (secondary N) is 1. The number of hydrogen-bond donors (Lipinski definition) is 1. The number of aromatic nitrogens is 3. The van der Waals surface area contributed by atoms with E-state index in [0.29, 0.717) is 25.0 Å². The van der Waals surface area contributed by atoms with Crippen molar-refractivity contribution in [3.8, 4) is 0 Å². The van der Waals surface area contributed by atoms with Gasteiger partial charge in [-0.1, -0.05) is 0 Å². The molecule has 184 valence electrons. The van der Waals surface area contributed by atoms with E-state index in [4.69, 9.17) is 4.74 Å². The van der Waals surface area contributed by atoms with Crippen LogP contribution in [-0.2, 0) is 17.3 Å². The van der Waals surface area contributed by atoms with Gasteiger partial charge >= 0.3 is 12.3 Å². The molecule has 0 aromatic carbocycles. The van der Waals surface area contributed by atoms with Crippen LogP contribution in [0.25, 0.3) is 0 Å². The number of aromatic amines is 1. The van der Waals surface area contributed by atoms with Crippen molar-refractivity contribution < 1.29 is 22.7 Å². The van der Waals surface area contributed by atoms with Crippen molar-refractivity contribution in [1.29, 1.82) is 0 Å². The third-order valence-corrected chi connectivity index (χ3v) is 6.28. The summed E-state index contributed by atoms with van der Waals surface area (Å²) in [5.41, 5.74) is -1.09. The van der Waals surface area contributed by atoms with Gasteiger partial charge in [0.2, 0.25) is 5.95 Å². The van der Waals surface area contributed by atoms with Gasteiger partial charge in [-0.05, 0) is 56.7 Å². The van der Waals surface area contributed by atoms with Crippen molar-refractivity contribution >= 4 is 12.0 Å². The number of amides is 1. The maximum Gasteiger partial charge on any atom is 0.421 e. The second-order valence-corrected chi connectivity index (χ2v) is 9.24. The fourth-order valence-corrected chi connectivity index (χ4v) is 4.24. The van der Waals surface area contributed by atoms with Crippen LogP contribution in [0.3, 0.4) is 0 Å². The van der Waals surface area contributed by atoms with Crippen LogP contribution in [0.4, 0.5) is 23.9 Å². The topological polar surface area (TPSA) is 91.4 Å². The molecule has 1 unspecified atom stereocenters.